The molecule has 0 radical (unpaired) electrons. The van der Waals surface area contributed by atoms with Crippen LogP contribution in [0.1, 0.15) is 43.2 Å². The van der Waals surface area contributed by atoms with Gasteiger partial charge in [-0.1, -0.05) is 26.0 Å². The maximum Gasteiger partial charge on any atom is 0.119 e. The van der Waals surface area contributed by atoms with Gasteiger partial charge in [0.15, 0.2) is 0 Å². The second-order valence-corrected chi connectivity index (χ2v) is 7.44. The van der Waals surface area contributed by atoms with E-state index in [2.05, 4.69) is 65.4 Å². The third kappa shape index (κ3) is 4.83. The number of halogens is 1. The van der Waals surface area contributed by atoms with Crippen molar-refractivity contribution in [3.63, 3.8) is 0 Å². The summed E-state index contributed by atoms with van der Waals surface area (Å²) in [5.41, 5.74) is 1.26. The van der Waals surface area contributed by atoms with Gasteiger partial charge in [-0.3, -0.25) is 0 Å². The molecule has 0 aliphatic carbocycles. The molecule has 21 heavy (non-hydrogen) atoms. The quantitative estimate of drug-likeness (QED) is 0.675. The molecule has 0 fully saturated rings. The Bertz CT molecular complexity index is 555. The van der Waals surface area contributed by atoms with Gasteiger partial charge in [0.25, 0.3) is 0 Å². The SMILES string of the molecule is CCCNC(c1cccc(OCCC)c1)c1ccc(Br)s1. The van der Waals surface area contributed by atoms with Gasteiger partial charge in [0.1, 0.15) is 5.75 Å². The number of ether oxygens (including phenoxy) is 1. The standard InChI is InChI=1S/C17H22BrNOS/c1-3-10-19-17(15-8-9-16(18)21-15)13-6-5-7-14(12-13)20-11-4-2/h5-9,12,17,19H,3-4,10-11H2,1-2H3. The molecule has 1 aromatic carbocycles. The zero-order valence-electron chi connectivity index (χ0n) is 12.6. The number of rotatable bonds is 8. The first-order chi connectivity index (χ1) is 10.2. The van der Waals surface area contributed by atoms with Gasteiger partial charge >= 0.3 is 0 Å². The fourth-order valence-corrected chi connectivity index (χ4v) is 3.69. The van der Waals surface area contributed by atoms with Crippen LogP contribution in [0.2, 0.25) is 0 Å². The average molecular weight is 368 g/mol. The monoisotopic (exact) mass is 367 g/mol. The number of hydrogen-bond acceptors (Lipinski definition) is 3. The van der Waals surface area contributed by atoms with Crippen molar-refractivity contribution in [3.8, 4) is 5.75 Å². The maximum atomic E-state index is 5.76. The van der Waals surface area contributed by atoms with Gasteiger partial charge in [0.05, 0.1) is 16.4 Å². The highest BCUT2D eigenvalue weighted by Gasteiger charge is 2.16. The summed E-state index contributed by atoms with van der Waals surface area (Å²) >= 11 is 5.33. The van der Waals surface area contributed by atoms with Crippen molar-refractivity contribution in [2.45, 2.75) is 32.7 Å². The number of hydrogen-bond donors (Lipinski definition) is 1. The molecule has 1 atom stereocenters. The molecular weight excluding hydrogens is 346 g/mol. The predicted molar refractivity (Wildman–Crippen MR) is 94.4 cm³/mol. The van der Waals surface area contributed by atoms with E-state index >= 15 is 0 Å². The summed E-state index contributed by atoms with van der Waals surface area (Å²) in [5.74, 6) is 0.952. The van der Waals surface area contributed by atoms with E-state index in [1.165, 1.54) is 14.2 Å². The minimum atomic E-state index is 0.228. The van der Waals surface area contributed by atoms with Crippen LogP contribution in [-0.4, -0.2) is 13.2 Å². The predicted octanol–water partition coefficient (Wildman–Crippen LogP) is 5.39. The van der Waals surface area contributed by atoms with E-state index in [9.17, 15) is 0 Å². The summed E-state index contributed by atoms with van der Waals surface area (Å²) in [5, 5.41) is 3.63. The Kier molecular flexibility index (Phi) is 6.74. The van der Waals surface area contributed by atoms with Crippen LogP contribution < -0.4 is 10.1 Å². The molecule has 0 bridgehead atoms. The lowest BCUT2D eigenvalue weighted by molar-refractivity contribution is 0.317. The Labute approximate surface area is 139 Å². The van der Waals surface area contributed by atoms with Crippen LogP contribution in [0.3, 0.4) is 0 Å². The van der Waals surface area contributed by atoms with E-state index in [-0.39, 0.29) is 6.04 Å². The molecule has 0 saturated carbocycles. The Morgan fingerprint density at radius 1 is 1.19 bits per heavy atom. The lowest BCUT2D eigenvalue weighted by atomic mass is 10.0. The van der Waals surface area contributed by atoms with Gasteiger partial charge in [-0.2, -0.15) is 0 Å². The van der Waals surface area contributed by atoms with Gasteiger partial charge in [-0.25, -0.2) is 0 Å². The van der Waals surface area contributed by atoms with Gasteiger partial charge < -0.3 is 10.1 Å². The summed E-state index contributed by atoms with van der Waals surface area (Å²) in [6.45, 7) is 6.08. The molecule has 2 aromatic rings. The zero-order chi connectivity index (χ0) is 15.1. The topological polar surface area (TPSA) is 21.3 Å². The van der Waals surface area contributed by atoms with Crippen LogP contribution in [-0.2, 0) is 0 Å². The number of benzene rings is 1. The molecule has 0 amide bonds. The van der Waals surface area contributed by atoms with E-state index in [1.54, 1.807) is 11.3 Å². The van der Waals surface area contributed by atoms with Crippen molar-refractivity contribution in [2.24, 2.45) is 0 Å². The average Bonchev–Trinajstić information content (AvgIpc) is 2.92. The molecule has 1 unspecified atom stereocenters. The molecule has 114 valence electrons. The second-order valence-electron chi connectivity index (χ2n) is 4.95. The summed E-state index contributed by atoms with van der Waals surface area (Å²) < 4.78 is 6.92. The fraction of sp³-hybridized carbons (Fsp3) is 0.412. The summed E-state index contributed by atoms with van der Waals surface area (Å²) in [6, 6.07) is 12.9. The van der Waals surface area contributed by atoms with E-state index < -0.39 is 0 Å². The summed E-state index contributed by atoms with van der Waals surface area (Å²) in [7, 11) is 0. The molecule has 0 saturated heterocycles. The molecule has 2 rings (SSSR count). The van der Waals surface area contributed by atoms with Crippen molar-refractivity contribution in [1.82, 2.24) is 5.32 Å². The molecule has 1 aromatic heterocycles. The van der Waals surface area contributed by atoms with Crippen molar-refractivity contribution in [1.29, 1.82) is 0 Å². The molecule has 0 aliphatic heterocycles. The minimum absolute atomic E-state index is 0.228. The molecule has 4 heteroatoms. The Morgan fingerprint density at radius 3 is 2.71 bits per heavy atom. The van der Waals surface area contributed by atoms with Crippen molar-refractivity contribution >= 4 is 27.3 Å². The number of nitrogens with one attached hydrogen (secondary N) is 1. The fourth-order valence-electron chi connectivity index (χ4n) is 2.16. The van der Waals surface area contributed by atoms with E-state index in [4.69, 9.17) is 4.74 Å². The molecular formula is C17H22BrNOS. The highest BCUT2D eigenvalue weighted by molar-refractivity contribution is 9.11. The van der Waals surface area contributed by atoms with Crippen molar-refractivity contribution < 1.29 is 4.74 Å². The first kappa shape index (κ1) is 16.5. The van der Waals surface area contributed by atoms with Crippen LogP contribution >= 0.6 is 27.3 Å². The normalized spacial score (nSPS) is 12.3. The van der Waals surface area contributed by atoms with Crippen molar-refractivity contribution in [2.75, 3.05) is 13.2 Å². The van der Waals surface area contributed by atoms with Gasteiger partial charge in [0.2, 0.25) is 0 Å². The van der Waals surface area contributed by atoms with Crippen LogP contribution in [0.15, 0.2) is 40.2 Å². The minimum Gasteiger partial charge on any atom is -0.494 e. The highest BCUT2D eigenvalue weighted by atomic mass is 79.9. The van der Waals surface area contributed by atoms with Crippen LogP contribution in [0, 0.1) is 0 Å². The molecule has 1 N–H and O–H groups in total. The maximum absolute atomic E-state index is 5.76. The highest BCUT2D eigenvalue weighted by Crippen LogP contribution is 2.32. The Morgan fingerprint density at radius 2 is 2.05 bits per heavy atom. The zero-order valence-corrected chi connectivity index (χ0v) is 15.0. The van der Waals surface area contributed by atoms with Crippen molar-refractivity contribution in [3.05, 3.63) is 50.6 Å². The van der Waals surface area contributed by atoms with Crippen LogP contribution in [0.5, 0.6) is 5.75 Å². The van der Waals surface area contributed by atoms with Gasteiger partial charge in [0, 0.05) is 4.88 Å². The third-order valence-electron chi connectivity index (χ3n) is 3.14. The summed E-state index contributed by atoms with van der Waals surface area (Å²) in [6.07, 6.45) is 2.15. The van der Waals surface area contributed by atoms with E-state index in [0.29, 0.717) is 0 Å². The Balaban J connectivity index is 2.23. The van der Waals surface area contributed by atoms with Gasteiger partial charge in [-0.05, 0) is 65.1 Å². The van der Waals surface area contributed by atoms with E-state index in [0.717, 1.165) is 31.7 Å². The molecule has 2 nitrogen and oxygen atoms in total. The first-order valence-corrected chi connectivity index (χ1v) is 9.07. The smallest absolute Gasteiger partial charge is 0.119 e. The molecule has 0 spiro atoms. The lowest BCUT2D eigenvalue weighted by Gasteiger charge is -2.18. The largest absolute Gasteiger partial charge is 0.494 e. The first-order valence-electron chi connectivity index (χ1n) is 7.46. The third-order valence-corrected chi connectivity index (χ3v) is 4.83. The van der Waals surface area contributed by atoms with Crippen LogP contribution in [0.25, 0.3) is 0 Å². The lowest BCUT2D eigenvalue weighted by Crippen LogP contribution is -2.22. The van der Waals surface area contributed by atoms with Gasteiger partial charge in [-0.15, -0.1) is 11.3 Å². The van der Waals surface area contributed by atoms with E-state index in [1.807, 2.05) is 6.07 Å². The van der Waals surface area contributed by atoms with Crippen LogP contribution in [0.4, 0.5) is 0 Å². The molecule has 1 heterocycles. The Hall–Kier alpha value is -0.840. The summed E-state index contributed by atoms with van der Waals surface area (Å²) in [4.78, 5) is 1.32. The molecule has 0 aliphatic rings. The number of thiophene rings is 1. The second kappa shape index (κ2) is 8.57.